The molecular formula is C16H24N2O3. The van der Waals surface area contributed by atoms with Crippen LogP contribution in [-0.2, 0) is 11.3 Å². The molecule has 116 valence electrons. The molecule has 5 nitrogen and oxygen atoms in total. The SMILES string of the molecule is O=C1CCCN1CC(O)CN(CCO)Cc1ccccc1. The monoisotopic (exact) mass is 292 g/mol. The first-order valence-electron chi connectivity index (χ1n) is 7.52. The second-order valence-electron chi connectivity index (χ2n) is 5.54. The summed E-state index contributed by atoms with van der Waals surface area (Å²) in [7, 11) is 0. The number of carbonyl (C=O) groups is 1. The van der Waals surface area contributed by atoms with Gasteiger partial charge in [-0.3, -0.25) is 9.69 Å². The first-order chi connectivity index (χ1) is 10.2. The summed E-state index contributed by atoms with van der Waals surface area (Å²) >= 11 is 0. The third kappa shape index (κ3) is 5.12. The maximum absolute atomic E-state index is 11.6. The third-order valence-electron chi connectivity index (χ3n) is 3.74. The van der Waals surface area contributed by atoms with Crippen LogP contribution < -0.4 is 0 Å². The van der Waals surface area contributed by atoms with Gasteiger partial charge in [0.05, 0.1) is 12.7 Å². The van der Waals surface area contributed by atoms with Gasteiger partial charge in [-0.15, -0.1) is 0 Å². The van der Waals surface area contributed by atoms with E-state index in [0.717, 1.165) is 18.5 Å². The van der Waals surface area contributed by atoms with Crippen LogP contribution in [0.1, 0.15) is 18.4 Å². The lowest BCUT2D eigenvalue weighted by Gasteiger charge is -2.27. The van der Waals surface area contributed by atoms with Gasteiger partial charge < -0.3 is 15.1 Å². The number of carbonyl (C=O) groups excluding carboxylic acids is 1. The number of nitrogens with zero attached hydrogens (tertiary/aromatic N) is 2. The van der Waals surface area contributed by atoms with Crippen LogP contribution in [0.3, 0.4) is 0 Å². The molecular weight excluding hydrogens is 268 g/mol. The zero-order chi connectivity index (χ0) is 15.1. The van der Waals surface area contributed by atoms with E-state index in [-0.39, 0.29) is 12.5 Å². The van der Waals surface area contributed by atoms with Crippen molar-refractivity contribution in [3.8, 4) is 0 Å². The molecule has 0 aliphatic carbocycles. The molecule has 1 fully saturated rings. The second-order valence-corrected chi connectivity index (χ2v) is 5.54. The van der Waals surface area contributed by atoms with E-state index in [1.54, 1.807) is 4.90 Å². The summed E-state index contributed by atoms with van der Waals surface area (Å²) in [5, 5.41) is 19.4. The Morgan fingerprint density at radius 3 is 2.67 bits per heavy atom. The highest BCUT2D eigenvalue weighted by atomic mass is 16.3. The van der Waals surface area contributed by atoms with Gasteiger partial charge in [-0.1, -0.05) is 30.3 Å². The van der Waals surface area contributed by atoms with Crippen molar-refractivity contribution in [2.24, 2.45) is 0 Å². The minimum atomic E-state index is -0.581. The fourth-order valence-corrected chi connectivity index (χ4v) is 2.73. The predicted octanol–water partition coefficient (Wildman–Crippen LogP) is 0.464. The van der Waals surface area contributed by atoms with E-state index in [1.165, 1.54) is 0 Å². The van der Waals surface area contributed by atoms with Crippen LogP contribution in [0.25, 0.3) is 0 Å². The number of hydrogen-bond donors (Lipinski definition) is 2. The van der Waals surface area contributed by atoms with E-state index in [1.807, 2.05) is 35.2 Å². The average molecular weight is 292 g/mol. The molecule has 21 heavy (non-hydrogen) atoms. The summed E-state index contributed by atoms with van der Waals surface area (Å²) in [6, 6.07) is 9.98. The molecule has 1 aliphatic rings. The topological polar surface area (TPSA) is 64.0 Å². The Hall–Kier alpha value is -1.43. The molecule has 2 N–H and O–H groups in total. The number of amides is 1. The van der Waals surface area contributed by atoms with E-state index in [4.69, 9.17) is 5.11 Å². The highest BCUT2D eigenvalue weighted by Crippen LogP contribution is 2.11. The van der Waals surface area contributed by atoms with Crippen LogP contribution in [0.4, 0.5) is 0 Å². The van der Waals surface area contributed by atoms with Crippen LogP contribution in [0.15, 0.2) is 30.3 Å². The number of rotatable bonds is 8. The molecule has 1 heterocycles. The van der Waals surface area contributed by atoms with Crippen molar-refractivity contribution in [1.82, 2.24) is 9.80 Å². The number of likely N-dealkylation sites (tertiary alicyclic amines) is 1. The molecule has 0 spiro atoms. The molecule has 5 heteroatoms. The lowest BCUT2D eigenvalue weighted by atomic mass is 10.2. The van der Waals surface area contributed by atoms with Gasteiger partial charge >= 0.3 is 0 Å². The molecule has 1 saturated heterocycles. The highest BCUT2D eigenvalue weighted by Gasteiger charge is 2.23. The molecule has 1 aliphatic heterocycles. The summed E-state index contributed by atoms with van der Waals surface area (Å²) in [4.78, 5) is 15.3. The van der Waals surface area contributed by atoms with Crippen molar-refractivity contribution in [2.45, 2.75) is 25.5 Å². The third-order valence-corrected chi connectivity index (χ3v) is 3.74. The second kappa shape index (κ2) is 8.12. The number of β-amino-alcohol motifs (C(OH)–C–C–N with tert-alkyl or cyclic N) is 1. The average Bonchev–Trinajstić information content (AvgIpc) is 2.85. The summed E-state index contributed by atoms with van der Waals surface area (Å²) in [6.07, 6.45) is 0.898. The summed E-state index contributed by atoms with van der Waals surface area (Å²) in [5.74, 6) is 0.130. The lowest BCUT2D eigenvalue weighted by molar-refractivity contribution is -0.129. The minimum absolute atomic E-state index is 0.0577. The van der Waals surface area contributed by atoms with Gasteiger partial charge in [0.1, 0.15) is 0 Å². The minimum Gasteiger partial charge on any atom is -0.395 e. The largest absolute Gasteiger partial charge is 0.395 e. The van der Waals surface area contributed by atoms with Gasteiger partial charge in [-0.25, -0.2) is 0 Å². The number of aliphatic hydroxyl groups is 2. The fraction of sp³-hybridized carbons (Fsp3) is 0.562. The first kappa shape index (κ1) is 15.9. The number of aliphatic hydroxyl groups excluding tert-OH is 2. The molecule has 0 bridgehead atoms. The van der Waals surface area contributed by atoms with Crippen molar-refractivity contribution in [3.05, 3.63) is 35.9 Å². The van der Waals surface area contributed by atoms with Crippen LogP contribution >= 0.6 is 0 Å². The van der Waals surface area contributed by atoms with Crippen molar-refractivity contribution < 1.29 is 15.0 Å². The van der Waals surface area contributed by atoms with Gasteiger partial charge in [0, 0.05) is 39.1 Å². The molecule has 1 unspecified atom stereocenters. The molecule has 0 saturated carbocycles. The van der Waals surface area contributed by atoms with E-state index in [0.29, 0.717) is 32.6 Å². The standard InChI is InChI=1S/C16H24N2O3/c19-10-9-17(11-14-5-2-1-3-6-14)12-15(20)13-18-8-4-7-16(18)21/h1-3,5-6,15,19-20H,4,7-13H2. The lowest BCUT2D eigenvalue weighted by Crippen LogP contribution is -2.41. The Morgan fingerprint density at radius 1 is 1.29 bits per heavy atom. The maximum atomic E-state index is 11.6. The fourth-order valence-electron chi connectivity index (χ4n) is 2.73. The van der Waals surface area contributed by atoms with Crippen molar-refractivity contribution in [1.29, 1.82) is 0 Å². The van der Waals surface area contributed by atoms with Crippen LogP contribution in [0, 0.1) is 0 Å². The number of benzene rings is 1. The summed E-state index contributed by atoms with van der Waals surface area (Å²) < 4.78 is 0. The van der Waals surface area contributed by atoms with Crippen LogP contribution in [0.5, 0.6) is 0 Å². The number of hydrogen-bond acceptors (Lipinski definition) is 4. The van der Waals surface area contributed by atoms with Crippen LogP contribution in [0.2, 0.25) is 0 Å². The zero-order valence-electron chi connectivity index (χ0n) is 12.3. The smallest absolute Gasteiger partial charge is 0.222 e. The van der Waals surface area contributed by atoms with Gasteiger partial charge in [-0.2, -0.15) is 0 Å². The Morgan fingerprint density at radius 2 is 2.05 bits per heavy atom. The summed E-state index contributed by atoms with van der Waals surface area (Å²) in [5.41, 5.74) is 1.15. The Kier molecular flexibility index (Phi) is 6.17. The molecule has 1 atom stereocenters. The summed E-state index contributed by atoms with van der Waals surface area (Å²) in [6.45, 7) is 2.85. The van der Waals surface area contributed by atoms with E-state index < -0.39 is 6.10 Å². The van der Waals surface area contributed by atoms with Crippen molar-refractivity contribution in [2.75, 3.05) is 32.8 Å². The molecule has 1 amide bonds. The highest BCUT2D eigenvalue weighted by molar-refractivity contribution is 5.78. The maximum Gasteiger partial charge on any atom is 0.222 e. The Labute approximate surface area is 125 Å². The van der Waals surface area contributed by atoms with Crippen molar-refractivity contribution >= 4 is 5.91 Å². The van der Waals surface area contributed by atoms with Gasteiger partial charge in [0.15, 0.2) is 0 Å². The van der Waals surface area contributed by atoms with Crippen LogP contribution in [-0.4, -0.2) is 64.8 Å². The van der Waals surface area contributed by atoms with Crippen molar-refractivity contribution in [3.63, 3.8) is 0 Å². The molecule has 2 rings (SSSR count). The van der Waals surface area contributed by atoms with E-state index in [2.05, 4.69) is 0 Å². The molecule has 0 aromatic heterocycles. The molecule has 0 radical (unpaired) electrons. The van der Waals surface area contributed by atoms with Gasteiger partial charge in [-0.05, 0) is 12.0 Å². The van der Waals surface area contributed by atoms with E-state index >= 15 is 0 Å². The normalized spacial score (nSPS) is 16.7. The first-order valence-corrected chi connectivity index (χ1v) is 7.52. The quantitative estimate of drug-likeness (QED) is 0.731. The predicted molar refractivity (Wildman–Crippen MR) is 80.6 cm³/mol. The van der Waals surface area contributed by atoms with Gasteiger partial charge in [0.2, 0.25) is 5.91 Å². The van der Waals surface area contributed by atoms with E-state index in [9.17, 15) is 9.90 Å². The zero-order valence-corrected chi connectivity index (χ0v) is 12.3. The Bertz CT molecular complexity index is 438. The molecule has 1 aromatic rings. The Balaban J connectivity index is 1.85. The van der Waals surface area contributed by atoms with Gasteiger partial charge in [0.25, 0.3) is 0 Å². The molecule has 1 aromatic carbocycles.